The minimum absolute atomic E-state index is 1.26. The van der Waals surface area contributed by atoms with Gasteiger partial charge in [-0.1, -0.05) is 272 Å². The highest BCUT2D eigenvalue weighted by Crippen LogP contribution is 2.30. The van der Waals surface area contributed by atoms with E-state index in [0.717, 1.165) is 0 Å². The Hall–Kier alpha value is -8.06. The molecule has 0 fully saturated rings. The maximum Gasteiger partial charge on any atom is -0.0149 e. The predicted octanol–water partition coefficient (Wildman–Crippen LogP) is 18.9. The van der Waals surface area contributed by atoms with E-state index in [2.05, 4.69) is 289 Å². The Balaban J connectivity index is 0.000000130. The Labute approximate surface area is 399 Å². The van der Waals surface area contributed by atoms with E-state index in [1.54, 1.807) is 0 Å². The molecule has 11 aromatic rings. The van der Waals surface area contributed by atoms with Gasteiger partial charge in [0.05, 0.1) is 0 Å². The Morgan fingerprint density at radius 2 is 0.642 bits per heavy atom. The van der Waals surface area contributed by atoms with Crippen LogP contribution in [0.2, 0.25) is 0 Å². The smallest absolute Gasteiger partial charge is 0.0149 e. The second kappa shape index (κ2) is 24.3. The average molecular weight is 865 g/mol. The average Bonchev–Trinajstić information content (AvgIpc) is 3.38. The van der Waals surface area contributed by atoms with E-state index in [1.807, 2.05) is 18.2 Å². The molecule has 0 saturated carbocycles. The fraction of sp³-hybridized carbons (Fsp3) is 0.0746. The lowest BCUT2D eigenvalue weighted by Gasteiger charge is -2.09. The fourth-order valence-electron chi connectivity index (χ4n) is 7.97. The van der Waals surface area contributed by atoms with Gasteiger partial charge in [-0.2, -0.15) is 0 Å². The second-order valence-electron chi connectivity index (χ2n) is 16.9. The molecule has 0 amide bonds. The lowest BCUT2D eigenvalue weighted by atomic mass is 9.95. The molecule has 0 bridgehead atoms. The lowest BCUT2D eigenvalue weighted by Crippen LogP contribution is -1.85. The van der Waals surface area contributed by atoms with Gasteiger partial charge in [-0.3, -0.25) is 0 Å². The molecule has 0 radical (unpaired) electrons. The standard InChI is InChI=1S/2C19H16.2C11H10.C7H8/c1-15-12-18(16-8-4-2-5-9-16)14-19(13-15)17-10-6-3-7-11-17;1-15-12-13-18(16-8-4-2-5-9-16)14-19(15)17-10-6-3-7-11-17;1-9-5-4-7-10-6-2-3-8-11(9)10;1-9-6-7-10-4-2-3-5-11(10)8-9;1-7-5-3-2-4-6-7/h2*2-14H,1H3;2*2-8H,1H3;2-6H,1H3. The highest BCUT2D eigenvalue weighted by molar-refractivity contribution is 5.85. The number of hydrogen-bond donors (Lipinski definition) is 0. The quantitative estimate of drug-likeness (QED) is 0.165. The molecule has 11 rings (SSSR count). The summed E-state index contributed by atoms with van der Waals surface area (Å²) in [5.41, 5.74) is 16.8. The monoisotopic (exact) mass is 864 g/mol. The largest absolute Gasteiger partial charge is 0.0622 e. The lowest BCUT2D eigenvalue weighted by molar-refractivity contribution is 1.45. The van der Waals surface area contributed by atoms with Crippen LogP contribution in [0.1, 0.15) is 27.8 Å². The van der Waals surface area contributed by atoms with Crippen LogP contribution in [0.15, 0.2) is 273 Å². The van der Waals surface area contributed by atoms with Crippen molar-refractivity contribution in [1.82, 2.24) is 0 Å². The van der Waals surface area contributed by atoms with Gasteiger partial charge in [-0.25, -0.2) is 0 Å². The molecule has 0 nitrogen and oxygen atoms in total. The van der Waals surface area contributed by atoms with Crippen LogP contribution >= 0.6 is 0 Å². The van der Waals surface area contributed by atoms with Gasteiger partial charge < -0.3 is 0 Å². The molecule has 0 unspecified atom stereocenters. The van der Waals surface area contributed by atoms with Gasteiger partial charge in [-0.15, -0.1) is 0 Å². The Morgan fingerprint density at radius 1 is 0.194 bits per heavy atom. The highest BCUT2D eigenvalue weighted by Gasteiger charge is 2.05. The fourth-order valence-corrected chi connectivity index (χ4v) is 7.97. The van der Waals surface area contributed by atoms with Gasteiger partial charge in [0.2, 0.25) is 0 Å². The molecule has 328 valence electrons. The van der Waals surface area contributed by atoms with Crippen molar-refractivity contribution in [3.63, 3.8) is 0 Å². The maximum atomic E-state index is 2.28. The molecule has 11 aromatic carbocycles. The van der Waals surface area contributed by atoms with Gasteiger partial charge in [-0.05, 0) is 129 Å². The van der Waals surface area contributed by atoms with Crippen LogP contribution in [0.4, 0.5) is 0 Å². The normalized spacial score (nSPS) is 10.2. The van der Waals surface area contributed by atoms with E-state index in [0.29, 0.717) is 0 Å². The zero-order chi connectivity index (χ0) is 46.6. The van der Waals surface area contributed by atoms with E-state index >= 15 is 0 Å². The van der Waals surface area contributed by atoms with Crippen LogP contribution < -0.4 is 0 Å². The zero-order valence-corrected chi connectivity index (χ0v) is 39.5. The van der Waals surface area contributed by atoms with Gasteiger partial charge in [0.25, 0.3) is 0 Å². The van der Waals surface area contributed by atoms with E-state index in [-0.39, 0.29) is 0 Å². The van der Waals surface area contributed by atoms with E-state index < -0.39 is 0 Å². The van der Waals surface area contributed by atoms with Crippen molar-refractivity contribution < 1.29 is 0 Å². The summed E-state index contributed by atoms with van der Waals surface area (Å²) in [4.78, 5) is 0. The topological polar surface area (TPSA) is 0 Å². The van der Waals surface area contributed by atoms with Crippen molar-refractivity contribution in [2.75, 3.05) is 0 Å². The Bertz CT molecular complexity index is 3120. The van der Waals surface area contributed by atoms with Gasteiger partial charge in [0.15, 0.2) is 0 Å². The van der Waals surface area contributed by atoms with Crippen LogP contribution in [0.3, 0.4) is 0 Å². The molecule has 0 heteroatoms. The number of hydrogen-bond acceptors (Lipinski definition) is 0. The molecule has 0 heterocycles. The van der Waals surface area contributed by atoms with Gasteiger partial charge >= 0.3 is 0 Å². The molecule has 0 aliphatic heterocycles. The number of rotatable bonds is 4. The molecule has 0 N–H and O–H groups in total. The first-order chi connectivity index (χ1) is 32.8. The van der Waals surface area contributed by atoms with Crippen molar-refractivity contribution in [3.05, 3.63) is 301 Å². The van der Waals surface area contributed by atoms with E-state index in [4.69, 9.17) is 0 Å². The molecular formula is C67H60. The second-order valence-corrected chi connectivity index (χ2v) is 16.9. The van der Waals surface area contributed by atoms with Crippen LogP contribution in [0, 0.1) is 34.6 Å². The summed E-state index contributed by atoms with van der Waals surface area (Å²) in [5, 5.41) is 5.33. The summed E-state index contributed by atoms with van der Waals surface area (Å²) in [6.07, 6.45) is 0. The number of benzene rings is 11. The molecule has 0 spiro atoms. The van der Waals surface area contributed by atoms with E-state index in [9.17, 15) is 0 Å². The molecule has 0 aliphatic rings. The first kappa shape index (κ1) is 46.9. The first-order valence-corrected chi connectivity index (χ1v) is 23.2. The SMILES string of the molecule is Cc1cc(-c2ccccc2)cc(-c2ccccc2)c1.Cc1ccc(-c2ccccc2)cc1-c1ccccc1.Cc1ccc2ccccc2c1.Cc1cccc2ccccc12.Cc1ccccc1. The summed E-state index contributed by atoms with van der Waals surface area (Å²) < 4.78 is 0. The molecular weight excluding hydrogens is 805 g/mol. The molecule has 0 atom stereocenters. The summed E-state index contributed by atoms with van der Waals surface area (Å²) >= 11 is 0. The third-order valence-corrected chi connectivity index (χ3v) is 11.6. The maximum absolute atomic E-state index is 2.28. The third kappa shape index (κ3) is 14.0. The minimum atomic E-state index is 1.26. The van der Waals surface area contributed by atoms with Crippen LogP contribution in [0.25, 0.3) is 66.1 Å². The van der Waals surface area contributed by atoms with Gasteiger partial charge in [0.1, 0.15) is 0 Å². The molecule has 0 aliphatic carbocycles. The zero-order valence-electron chi connectivity index (χ0n) is 39.5. The van der Waals surface area contributed by atoms with Crippen molar-refractivity contribution in [2.45, 2.75) is 34.6 Å². The first-order valence-electron chi connectivity index (χ1n) is 23.2. The third-order valence-electron chi connectivity index (χ3n) is 11.6. The number of fused-ring (bicyclic) bond motifs is 2. The van der Waals surface area contributed by atoms with Gasteiger partial charge in [0, 0.05) is 0 Å². The van der Waals surface area contributed by atoms with Crippen molar-refractivity contribution in [3.8, 4) is 44.5 Å². The molecule has 0 saturated heterocycles. The minimum Gasteiger partial charge on any atom is -0.0622 e. The Morgan fingerprint density at radius 3 is 1.16 bits per heavy atom. The summed E-state index contributed by atoms with van der Waals surface area (Å²) in [7, 11) is 0. The van der Waals surface area contributed by atoms with Crippen molar-refractivity contribution in [2.24, 2.45) is 0 Å². The predicted molar refractivity (Wildman–Crippen MR) is 293 cm³/mol. The Kier molecular flexibility index (Phi) is 17.0. The van der Waals surface area contributed by atoms with Crippen LogP contribution in [-0.2, 0) is 0 Å². The van der Waals surface area contributed by atoms with Crippen LogP contribution in [-0.4, -0.2) is 0 Å². The number of aryl methyl sites for hydroxylation is 5. The van der Waals surface area contributed by atoms with E-state index in [1.165, 1.54) is 93.9 Å². The summed E-state index contributed by atoms with van der Waals surface area (Å²) in [6.45, 7) is 10.7. The van der Waals surface area contributed by atoms with Crippen LogP contribution in [0.5, 0.6) is 0 Å². The molecule has 67 heavy (non-hydrogen) atoms. The summed E-state index contributed by atoms with van der Waals surface area (Å²) in [6, 6.07) is 95.5. The highest BCUT2D eigenvalue weighted by atomic mass is 14.1. The molecule has 0 aromatic heterocycles. The van der Waals surface area contributed by atoms with Crippen molar-refractivity contribution >= 4 is 21.5 Å². The summed E-state index contributed by atoms with van der Waals surface area (Å²) in [5.74, 6) is 0. The van der Waals surface area contributed by atoms with Crippen molar-refractivity contribution in [1.29, 1.82) is 0 Å².